The second kappa shape index (κ2) is 9.26. The fourth-order valence-electron chi connectivity index (χ4n) is 4.21. The smallest absolute Gasteiger partial charge is 0.258 e. The fourth-order valence-corrected chi connectivity index (χ4v) is 5.48. The minimum absolute atomic E-state index is 0.0676. The Bertz CT molecular complexity index is 1430. The lowest BCUT2D eigenvalue weighted by Crippen LogP contribution is -2.30. The van der Waals surface area contributed by atoms with Gasteiger partial charge in [0.2, 0.25) is 0 Å². The second-order valence-electron chi connectivity index (χ2n) is 8.15. The first-order chi connectivity index (χ1) is 16.4. The molecule has 1 aromatic heterocycles. The van der Waals surface area contributed by atoms with Crippen LogP contribution in [0.15, 0.2) is 72.1 Å². The topological polar surface area (TPSA) is 49.4 Å². The molecule has 3 aromatic carbocycles. The molecule has 2 amide bonds. The largest absolute Gasteiger partial charge is 0.322 e. The molecule has 0 fully saturated rings. The number of amides is 2. The highest BCUT2D eigenvalue weighted by molar-refractivity contribution is 7.10. The van der Waals surface area contributed by atoms with Gasteiger partial charge in [0.15, 0.2) is 0 Å². The number of fused-ring (bicyclic) bond motifs is 2. The van der Waals surface area contributed by atoms with Crippen molar-refractivity contribution < 1.29 is 9.59 Å². The Morgan fingerprint density at radius 3 is 2.59 bits per heavy atom. The molecular weight excluding hydrogens is 487 g/mol. The standard InChI is InChI=1S/C27H20Cl2N2O2S/c1-16-13-19(30-26(32)21-6-4-7-22(28)25(21)29)9-10-20(16)27(33)31-15-24-18(11-12-34-24)14-17-5-2-3-8-23(17)31/h2-13H,14-15H2,1H3,(H,30,32). The molecule has 1 N–H and O–H groups in total. The number of nitrogens with one attached hydrogen (secondary N) is 1. The summed E-state index contributed by atoms with van der Waals surface area (Å²) in [5.74, 6) is -0.431. The highest BCUT2D eigenvalue weighted by Crippen LogP contribution is 2.34. The number of hydrogen-bond acceptors (Lipinski definition) is 3. The van der Waals surface area contributed by atoms with Gasteiger partial charge < -0.3 is 10.2 Å². The molecule has 0 saturated carbocycles. The van der Waals surface area contributed by atoms with E-state index in [2.05, 4.69) is 22.8 Å². The Morgan fingerprint density at radius 1 is 0.941 bits per heavy atom. The van der Waals surface area contributed by atoms with Gasteiger partial charge in [-0.1, -0.05) is 47.5 Å². The number of para-hydroxylation sites is 1. The van der Waals surface area contributed by atoms with Crippen molar-refractivity contribution in [3.8, 4) is 0 Å². The molecule has 34 heavy (non-hydrogen) atoms. The molecule has 2 heterocycles. The second-order valence-corrected chi connectivity index (χ2v) is 9.94. The van der Waals surface area contributed by atoms with Crippen LogP contribution in [0.4, 0.5) is 11.4 Å². The molecule has 5 rings (SSSR count). The van der Waals surface area contributed by atoms with Gasteiger partial charge in [0.25, 0.3) is 11.8 Å². The monoisotopic (exact) mass is 506 g/mol. The molecule has 0 radical (unpaired) electrons. The van der Waals surface area contributed by atoms with Crippen LogP contribution in [0.5, 0.6) is 0 Å². The summed E-state index contributed by atoms with van der Waals surface area (Å²) in [7, 11) is 0. The van der Waals surface area contributed by atoms with Crippen LogP contribution in [0.1, 0.15) is 42.3 Å². The molecule has 170 valence electrons. The van der Waals surface area contributed by atoms with E-state index in [0.29, 0.717) is 28.4 Å². The molecule has 0 atom stereocenters. The number of nitrogens with zero attached hydrogens (tertiary/aromatic N) is 1. The third-order valence-corrected chi connectivity index (χ3v) is 7.73. The fraction of sp³-hybridized carbons (Fsp3) is 0.111. The molecule has 0 spiro atoms. The van der Waals surface area contributed by atoms with Crippen molar-refractivity contribution in [3.63, 3.8) is 0 Å². The van der Waals surface area contributed by atoms with E-state index in [1.54, 1.807) is 47.7 Å². The maximum Gasteiger partial charge on any atom is 0.258 e. The zero-order valence-electron chi connectivity index (χ0n) is 18.3. The number of benzene rings is 3. The van der Waals surface area contributed by atoms with Crippen molar-refractivity contribution in [1.82, 2.24) is 0 Å². The quantitative estimate of drug-likeness (QED) is 0.315. The highest BCUT2D eigenvalue weighted by Gasteiger charge is 2.26. The molecule has 4 nitrogen and oxygen atoms in total. The number of carbonyl (C=O) groups is 2. The van der Waals surface area contributed by atoms with E-state index in [9.17, 15) is 9.59 Å². The summed E-state index contributed by atoms with van der Waals surface area (Å²) in [4.78, 5) is 29.5. The van der Waals surface area contributed by atoms with Gasteiger partial charge >= 0.3 is 0 Å². The lowest BCUT2D eigenvalue weighted by Gasteiger charge is -2.24. The van der Waals surface area contributed by atoms with Gasteiger partial charge in [-0.3, -0.25) is 9.59 Å². The first-order valence-electron chi connectivity index (χ1n) is 10.7. The van der Waals surface area contributed by atoms with Crippen LogP contribution in [-0.4, -0.2) is 11.8 Å². The van der Waals surface area contributed by atoms with E-state index in [4.69, 9.17) is 23.2 Å². The van der Waals surface area contributed by atoms with E-state index >= 15 is 0 Å². The van der Waals surface area contributed by atoms with E-state index in [-0.39, 0.29) is 16.8 Å². The summed E-state index contributed by atoms with van der Waals surface area (Å²) in [6, 6.07) is 20.4. The first kappa shape index (κ1) is 22.7. The van der Waals surface area contributed by atoms with E-state index < -0.39 is 0 Å². The number of rotatable bonds is 3. The minimum Gasteiger partial charge on any atom is -0.322 e. The predicted octanol–water partition coefficient (Wildman–Crippen LogP) is 7.37. The molecular formula is C27H20Cl2N2O2S. The molecule has 0 bridgehead atoms. The molecule has 0 saturated heterocycles. The maximum atomic E-state index is 13.7. The van der Waals surface area contributed by atoms with Gasteiger partial charge in [-0.05, 0) is 71.5 Å². The van der Waals surface area contributed by atoms with Crippen LogP contribution in [0.3, 0.4) is 0 Å². The van der Waals surface area contributed by atoms with Crippen molar-refractivity contribution in [1.29, 1.82) is 0 Å². The van der Waals surface area contributed by atoms with E-state index in [1.165, 1.54) is 10.4 Å². The van der Waals surface area contributed by atoms with Crippen LogP contribution in [0.25, 0.3) is 0 Å². The average molecular weight is 507 g/mol. The number of carbonyl (C=O) groups excluding carboxylic acids is 2. The maximum absolute atomic E-state index is 13.7. The Balaban J connectivity index is 1.43. The molecule has 0 aliphatic carbocycles. The summed E-state index contributed by atoms with van der Waals surface area (Å²) in [5.41, 5.74) is 5.56. The number of aryl methyl sites for hydroxylation is 1. The van der Waals surface area contributed by atoms with Gasteiger partial charge in [0.1, 0.15) is 0 Å². The number of halogens is 2. The molecule has 1 aliphatic heterocycles. The van der Waals surface area contributed by atoms with Crippen LogP contribution < -0.4 is 10.2 Å². The summed E-state index contributed by atoms with van der Waals surface area (Å²) in [6.45, 7) is 2.41. The number of anilines is 2. The van der Waals surface area contributed by atoms with Crippen molar-refractivity contribution in [2.75, 3.05) is 10.2 Å². The van der Waals surface area contributed by atoms with Crippen molar-refractivity contribution >= 4 is 57.7 Å². The summed E-state index contributed by atoms with van der Waals surface area (Å²) >= 11 is 13.9. The van der Waals surface area contributed by atoms with Crippen molar-refractivity contribution in [2.24, 2.45) is 0 Å². The summed E-state index contributed by atoms with van der Waals surface area (Å²) in [5, 5.41) is 5.45. The van der Waals surface area contributed by atoms with E-state index in [1.807, 2.05) is 30.0 Å². The average Bonchev–Trinajstić information content (AvgIpc) is 3.19. The minimum atomic E-state index is -0.363. The summed E-state index contributed by atoms with van der Waals surface area (Å²) in [6.07, 6.45) is 0.814. The Hall–Kier alpha value is -3.12. The zero-order valence-corrected chi connectivity index (χ0v) is 20.6. The third kappa shape index (κ3) is 4.23. The van der Waals surface area contributed by atoms with E-state index in [0.717, 1.165) is 23.2 Å². The molecule has 7 heteroatoms. The third-order valence-electron chi connectivity index (χ3n) is 5.96. The van der Waals surface area contributed by atoms with Gasteiger partial charge in [-0.25, -0.2) is 0 Å². The van der Waals surface area contributed by atoms with Crippen LogP contribution >= 0.6 is 34.5 Å². The molecule has 4 aromatic rings. The normalized spacial score (nSPS) is 12.5. The van der Waals surface area contributed by atoms with Gasteiger partial charge in [-0.15, -0.1) is 11.3 Å². The summed E-state index contributed by atoms with van der Waals surface area (Å²) < 4.78 is 0. The van der Waals surface area contributed by atoms with Crippen LogP contribution in [0.2, 0.25) is 10.0 Å². The predicted molar refractivity (Wildman–Crippen MR) is 140 cm³/mol. The highest BCUT2D eigenvalue weighted by atomic mass is 35.5. The van der Waals surface area contributed by atoms with Crippen LogP contribution in [0, 0.1) is 6.92 Å². The number of thiophene rings is 1. The van der Waals surface area contributed by atoms with Gasteiger partial charge in [0.05, 0.1) is 22.2 Å². The van der Waals surface area contributed by atoms with Crippen LogP contribution in [-0.2, 0) is 13.0 Å². The molecule has 1 aliphatic rings. The molecule has 0 unspecified atom stereocenters. The Kier molecular flexibility index (Phi) is 6.17. The number of hydrogen-bond donors (Lipinski definition) is 1. The van der Waals surface area contributed by atoms with Gasteiger partial charge in [0, 0.05) is 28.2 Å². The van der Waals surface area contributed by atoms with Gasteiger partial charge in [-0.2, -0.15) is 0 Å². The SMILES string of the molecule is Cc1cc(NC(=O)c2cccc(Cl)c2Cl)ccc1C(=O)N1Cc2sccc2Cc2ccccc21. The lowest BCUT2D eigenvalue weighted by atomic mass is 10.0. The van der Waals surface area contributed by atoms with Crippen molar-refractivity contribution in [2.45, 2.75) is 19.9 Å². The lowest BCUT2D eigenvalue weighted by molar-refractivity contribution is 0.0983. The Morgan fingerprint density at radius 2 is 1.76 bits per heavy atom. The van der Waals surface area contributed by atoms with Crippen molar-refractivity contribution in [3.05, 3.63) is 115 Å². The first-order valence-corrected chi connectivity index (χ1v) is 12.4. The Labute approximate surface area is 211 Å². The zero-order chi connectivity index (χ0) is 23.8.